The number of phenols is 1. The van der Waals surface area contributed by atoms with Gasteiger partial charge in [-0.15, -0.1) is 0 Å². The molecule has 0 aliphatic carbocycles. The van der Waals surface area contributed by atoms with Crippen molar-refractivity contribution >= 4 is 51.0 Å². The largest absolute Gasteiger partial charge is 0.507 e. The van der Waals surface area contributed by atoms with Gasteiger partial charge >= 0.3 is 5.97 Å². The van der Waals surface area contributed by atoms with Crippen molar-refractivity contribution in [2.45, 2.75) is 50.2 Å². The molecule has 1 unspecified atom stereocenters. The van der Waals surface area contributed by atoms with Crippen LogP contribution < -0.4 is 5.32 Å². The number of ketones is 1. The molecular formula is C21H29NO5S3. The number of aromatic hydroxyl groups is 1. The Kier molecular flexibility index (Phi) is 11.5. The highest BCUT2D eigenvalue weighted by Crippen LogP contribution is 2.30. The van der Waals surface area contributed by atoms with Crippen LogP contribution in [0.15, 0.2) is 18.2 Å². The van der Waals surface area contributed by atoms with Gasteiger partial charge in [-0.2, -0.15) is 11.8 Å². The molecule has 1 aromatic rings. The highest BCUT2D eigenvalue weighted by atomic mass is 33.1. The molecule has 166 valence electrons. The molecule has 0 radical (unpaired) electrons. The lowest BCUT2D eigenvalue weighted by atomic mass is 10.1. The predicted octanol–water partition coefficient (Wildman–Crippen LogP) is 4.16. The second kappa shape index (κ2) is 13.9. The lowest BCUT2D eigenvalue weighted by Crippen LogP contribution is -2.25. The first-order valence-electron chi connectivity index (χ1n) is 10.2. The summed E-state index contributed by atoms with van der Waals surface area (Å²) >= 11 is 2.06. The van der Waals surface area contributed by atoms with E-state index in [1.165, 1.54) is 58.7 Å². The molecule has 0 bridgehead atoms. The van der Waals surface area contributed by atoms with Crippen molar-refractivity contribution in [3.63, 3.8) is 0 Å². The fraction of sp³-hybridized carbons (Fsp3) is 0.571. The van der Waals surface area contributed by atoms with Crippen LogP contribution in [-0.2, 0) is 16.0 Å². The van der Waals surface area contributed by atoms with Crippen molar-refractivity contribution in [1.29, 1.82) is 0 Å². The average Bonchev–Trinajstić information content (AvgIpc) is 3.22. The van der Waals surface area contributed by atoms with Gasteiger partial charge in [-0.1, -0.05) is 34.1 Å². The number of Topliss-reactive ketones (excluding diaryl/α,β-unsaturated/α-hetero) is 1. The summed E-state index contributed by atoms with van der Waals surface area (Å²) in [5.74, 6) is 0.872. The van der Waals surface area contributed by atoms with Crippen molar-refractivity contribution in [3.8, 4) is 5.75 Å². The Morgan fingerprint density at radius 1 is 1.20 bits per heavy atom. The third kappa shape index (κ3) is 9.66. The second-order valence-corrected chi connectivity index (χ2v) is 11.2. The summed E-state index contributed by atoms with van der Waals surface area (Å²) in [5, 5.41) is 22.2. The number of rotatable bonds is 14. The van der Waals surface area contributed by atoms with Gasteiger partial charge in [0.1, 0.15) is 17.1 Å². The first-order valence-corrected chi connectivity index (χ1v) is 13.7. The topological polar surface area (TPSA) is 104 Å². The van der Waals surface area contributed by atoms with E-state index in [0.29, 0.717) is 24.3 Å². The lowest BCUT2D eigenvalue weighted by molar-refractivity contribution is -0.121. The Morgan fingerprint density at radius 3 is 2.77 bits per heavy atom. The highest BCUT2D eigenvalue weighted by Gasteiger charge is 2.15. The van der Waals surface area contributed by atoms with Crippen molar-refractivity contribution in [3.05, 3.63) is 29.3 Å². The van der Waals surface area contributed by atoms with Crippen LogP contribution >= 0.6 is 33.3 Å². The number of carbonyl (C=O) groups is 3. The number of hydrogen-bond acceptors (Lipinski definition) is 7. The summed E-state index contributed by atoms with van der Waals surface area (Å²) in [5.41, 5.74) is 0.370. The second-order valence-electron chi connectivity index (χ2n) is 7.19. The van der Waals surface area contributed by atoms with E-state index in [0.717, 1.165) is 23.8 Å². The lowest BCUT2D eigenvalue weighted by Gasteiger charge is -2.08. The van der Waals surface area contributed by atoms with Gasteiger partial charge in [0.25, 0.3) is 0 Å². The number of amides is 1. The summed E-state index contributed by atoms with van der Waals surface area (Å²) in [6, 6.07) is 4.18. The predicted molar refractivity (Wildman–Crippen MR) is 126 cm³/mol. The number of carboxylic acid groups (broad SMARTS) is 1. The van der Waals surface area contributed by atoms with E-state index in [2.05, 4.69) is 17.1 Å². The molecule has 1 heterocycles. The monoisotopic (exact) mass is 471 g/mol. The molecule has 9 heteroatoms. The van der Waals surface area contributed by atoms with Gasteiger partial charge in [-0.05, 0) is 49.1 Å². The molecule has 1 aromatic carbocycles. The maximum absolute atomic E-state index is 12.0. The van der Waals surface area contributed by atoms with E-state index in [1.807, 2.05) is 0 Å². The number of aromatic carboxylic acids is 1. The minimum Gasteiger partial charge on any atom is -0.507 e. The van der Waals surface area contributed by atoms with Crippen molar-refractivity contribution in [2.24, 2.45) is 0 Å². The normalized spacial score (nSPS) is 15.8. The maximum atomic E-state index is 12.0. The Hall–Kier alpha value is -1.32. The van der Waals surface area contributed by atoms with Gasteiger partial charge < -0.3 is 15.5 Å². The van der Waals surface area contributed by atoms with Crippen LogP contribution in [0.1, 0.15) is 54.4 Å². The van der Waals surface area contributed by atoms with Crippen LogP contribution in [-0.4, -0.2) is 56.9 Å². The van der Waals surface area contributed by atoms with Crippen molar-refractivity contribution in [1.82, 2.24) is 5.32 Å². The van der Waals surface area contributed by atoms with Gasteiger partial charge in [0.2, 0.25) is 5.91 Å². The summed E-state index contributed by atoms with van der Waals surface area (Å²) in [6.45, 7) is 0.586. The fourth-order valence-corrected chi connectivity index (χ4v) is 6.36. The first-order chi connectivity index (χ1) is 14.5. The van der Waals surface area contributed by atoms with E-state index < -0.39 is 5.97 Å². The standard InChI is InChI=1S/C21H29NO5S3/c23-16(12-15-7-8-19(24)18(13-15)21(26)27)14-30-29-11-9-22-20(25)6-2-1-4-17-5-3-10-28-17/h7-8,13,17,24H,1-6,9-12,14H2,(H,22,25)(H,26,27). The molecule has 0 aromatic heterocycles. The number of hydrogen-bond donors (Lipinski definition) is 3. The maximum Gasteiger partial charge on any atom is 0.339 e. The summed E-state index contributed by atoms with van der Waals surface area (Å²) in [6.07, 6.45) is 6.65. The molecule has 6 nitrogen and oxygen atoms in total. The quantitative estimate of drug-likeness (QED) is 0.275. The van der Waals surface area contributed by atoms with Crippen LogP contribution in [0, 0.1) is 0 Å². The van der Waals surface area contributed by atoms with Gasteiger partial charge in [0.05, 0.1) is 5.75 Å². The summed E-state index contributed by atoms with van der Waals surface area (Å²) in [4.78, 5) is 34.9. The summed E-state index contributed by atoms with van der Waals surface area (Å²) in [7, 11) is 2.96. The van der Waals surface area contributed by atoms with Crippen LogP contribution in [0.4, 0.5) is 0 Å². The van der Waals surface area contributed by atoms with Gasteiger partial charge in [-0.3, -0.25) is 9.59 Å². The van der Waals surface area contributed by atoms with Gasteiger partial charge in [0.15, 0.2) is 0 Å². The third-order valence-corrected chi connectivity index (χ3v) is 8.51. The number of carboxylic acids is 1. The zero-order chi connectivity index (χ0) is 21.8. The number of nitrogens with one attached hydrogen (secondary N) is 1. The van der Waals surface area contributed by atoms with Crippen LogP contribution in [0.2, 0.25) is 0 Å². The first kappa shape index (κ1) is 24.9. The minimum absolute atomic E-state index is 0.0148. The molecule has 1 aliphatic rings. The van der Waals surface area contributed by atoms with E-state index in [4.69, 9.17) is 5.11 Å². The molecule has 0 saturated carbocycles. The molecule has 0 spiro atoms. The zero-order valence-corrected chi connectivity index (χ0v) is 19.4. The van der Waals surface area contributed by atoms with Crippen LogP contribution in [0.5, 0.6) is 5.75 Å². The third-order valence-electron chi connectivity index (χ3n) is 4.71. The van der Waals surface area contributed by atoms with Crippen LogP contribution in [0.3, 0.4) is 0 Å². The number of benzene rings is 1. The highest BCUT2D eigenvalue weighted by molar-refractivity contribution is 8.76. The van der Waals surface area contributed by atoms with Gasteiger partial charge in [0, 0.05) is 30.4 Å². The molecule has 3 N–H and O–H groups in total. The summed E-state index contributed by atoms with van der Waals surface area (Å²) < 4.78 is 0. The Bertz CT molecular complexity index is 723. The SMILES string of the molecule is O=C(CSSCCNC(=O)CCCCC1CCCS1)Cc1ccc(O)c(C(=O)O)c1. The molecule has 30 heavy (non-hydrogen) atoms. The van der Waals surface area contributed by atoms with E-state index >= 15 is 0 Å². The molecule has 1 saturated heterocycles. The van der Waals surface area contributed by atoms with E-state index in [9.17, 15) is 19.5 Å². The molecule has 2 rings (SSSR count). The van der Waals surface area contributed by atoms with Crippen LogP contribution in [0.25, 0.3) is 0 Å². The average molecular weight is 472 g/mol. The number of thioether (sulfide) groups is 1. The minimum atomic E-state index is -1.22. The molecule has 1 aliphatic heterocycles. The Labute approximate surface area is 189 Å². The molecule has 1 fully saturated rings. The molecular weight excluding hydrogens is 442 g/mol. The Balaban J connectivity index is 1.48. The Morgan fingerprint density at radius 2 is 2.03 bits per heavy atom. The smallest absolute Gasteiger partial charge is 0.339 e. The number of unbranched alkanes of at least 4 members (excludes halogenated alkanes) is 1. The van der Waals surface area contributed by atoms with E-state index in [1.54, 1.807) is 6.07 Å². The zero-order valence-electron chi connectivity index (χ0n) is 16.9. The molecule has 1 amide bonds. The van der Waals surface area contributed by atoms with E-state index in [-0.39, 0.29) is 29.4 Å². The van der Waals surface area contributed by atoms with Crippen molar-refractivity contribution < 1.29 is 24.6 Å². The fourth-order valence-electron chi connectivity index (χ4n) is 3.16. The van der Waals surface area contributed by atoms with Gasteiger partial charge in [-0.25, -0.2) is 4.79 Å². The molecule has 1 atom stereocenters. The number of carbonyl (C=O) groups excluding carboxylic acids is 2. The van der Waals surface area contributed by atoms with Crippen molar-refractivity contribution in [2.75, 3.05) is 23.8 Å².